The number of unbranched alkanes of at least 4 members (excludes halogenated alkanes) is 1. The Morgan fingerprint density at radius 2 is 2.38 bits per heavy atom. The number of carbonyl (C=O) groups excluding carboxylic acids is 1. The van der Waals surface area contributed by atoms with Gasteiger partial charge in [-0.05, 0) is 18.1 Å². The van der Waals surface area contributed by atoms with Gasteiger partial charge in [0, 0.05) is 12.4 Å². The summed E-state index contributed by atoms with van der Waals surface area (Å²) < 4.78 is 0. The molecule has 0 radical (unpaired) electrons. The maximum atomic E-state index is 12.3. The topological polar surface area (TPSA) is 96.7 Å². The Labute approximate surface area is 128 Å². The number of nitrogens with two attached hydrogens (primary N) is 1. The van der Waals surface area contributed by atoms with Crippen molar-refractivity contribution in [3.63, 3.8) is 0 Å². The van der Waals surface area contributed by atoms with Gasteiger partial charge < -0.3 is 11.1 Å². The molecule has 0 aliphatic rings. The molecular formula is C14H18ClN5O. The standard InChI is InChI=1S/C14H18ClN5O/c1-2-3-6-10(9-5-4-7-17-8-9)18-14(21)12-11(15)13(16)20-19-12/h4-5,7-8,10H,2-3,6H2,1H3,(H,18,21)(H3,16,19,20)/t10-/m0/s1. The van der Waals surface area contributed by atoms with Crippen molar-refractivity contribution in [2.24, 2.45) is 0 Å². The number of hydrogen-bond acceptors (Lipinski definition) is 4. The van der Waals surface area contributed by atoms with Crippen LogP contribution in [0.15, 0.2) is 24.5 Å². The summed E-state index contributed by atoms with van der Waals surface area (Å²) in [6.07, 6.45) is 6.33. The highest BCUT2D eigenvalue weighted by molar-refractivity contribution is 6.35. The lowest BCUT2D eigenvalue weighted by molar-refractivity contribution is 0.0929. The maximum absolute atomic E-state index is 12.3. The van der Waals surface area contributed by atoms with Gasteiger partial charge in [-0.3, -0.25) is 14.9 Å². The van der Waals surface area contributed by atoms with Crippen molar-refractivity contribution in [1.82, 2.24) is 20.5 Å². The highest BCUT2D eigenvalue weighted by atomic mass is 35.5. The molecule has 0 aliphatic carbocycles. The zero-order chi connectivity index (χ0) is 15.2. The number of aromatic amines is 1. The molecule has 1 atom stereocenters. The van der Waals surface area contributed by atoms with Crippen LogP contribution in [0.5, 0.6) is 0 Å². The summed E-state index contributed by atoms with van der Waals surface area (Å²) >= 11 is 5.95. The lowest BCUT2D eigenvalue weighted by Crippen LogP contribution is -2.29. The average molecular weight is 308 g/mol. The predicted molar refractivity (Wildman–Crippen MR) is 82.0 cm³/mol. The summed E-state index contributed by atoms with van der Waals surface area (Å²) in [6, 6.07) is 3.67. The van der Waals surface area contributed by atoms with E-state index < -0.39 is 0 Å². The van der Waals surface area contributed by atoms with Gasteiger partial charge in [-0.2, -0.15) is 5.10 Å². The minimum Gasteiger partial charge on any atom is -0.381 e. The zero-order valence-corrected chi connectivity index (χ0v) is 12.5. The van der Waals surface area contributed by atoms with Crippen molar-refractivity contribution in [1.29, 1.82) is 0 Å². The van der Waals surface area contributed by atoms with E-state index >= 15 is 0 Å². The first-order chi connectivity index (χ1) is 10.1. The Kier molecular flexibility index (Phi) is 5.16. The second-order valence-corrected chi connectivity index (χ2v) is 5.13. The summed E-state index contributed by atoms with van der Waals surface area (Å²) in [5.41, 5.74) is 6.68. The van der Waals surface area contributed by atoms with E-state index in [1.807, 2.05) is 12.1 Å². The molecular weight excluding hydrogens is 290 g/mol. The van der Waals surface area contributed by atoms with Crippen molar-refractivity contribution in [2.75, 3.05) is 5.73 Å². The fourth-order valence-corrected chi connectivity index (χ4v) is 2.21. The Bertz CT molecular complexity index is 599. The van der Waals surface area contributed by atoms with Crippen LogP contribution in [-0.4, -0.2) is 21.1 Å². The van der Waals surface area contributed by atoms with Crippen molar-refractivity contribution in [3.05, 3.63) is 40.8 Å². The summed E-state index contributed by atoms with van der Waals surface area (Å²) in [7, 11) is 0. The molecule has 2 aromatic heterocycles. The van der Waals surface area contributed by atoms with Crippen LogP contribution in [0.2, 0.25) is 5.02 Å². The monoisotopic (exact) mass is 307 g/mol. The second-order valence-electron chi connectivity index (χ2n) is 4.75. The Hall–Kier alpha value is -2.08. The molecule has 0 bridgehead atoms. The molecule has 112 valence electrons. The summed E-state index contributed by atoms with van der Waals surface area (Å²) in [5, 5.41) is 9.37. The fourth-order valence-electron chi connectivity index (χ4n) is 2.04. The van der Waals surface area contributed by atoms with Gasteiger partial charge in [0.15, 0.2) is 5.82 Å². The van der Waals surface area contributed by atoms with Crippen molar-refractivity contribution < 1.29 is 4.79 Å². The molecule has 0 aliphatic heterocycles. The van der Waals surface area contributed by atoms with E-state index in [1.165, 1.54) is 0 Å². The van der Waals surface area contributed by atoms with Gasteiger partial charge in [0.05, 0.1) is 6.04 Å². The van der Waals surface area contributed by atoms with Crippen LogP contribution in [-0.2, 0) is 0 Å². The molecule has 0 saturated carbocycles. The molecule has 7 heteroatoms. The van der Waals surface area contributed by atoms with Crippen LogP contribution in [0.25, 0.3) is 0 Å². The van der Waals surface area contributed by atoms with E-state index in [2.05, 4.69) is 27.4 Å². The third-order valence-electron chi connectivity index (χ3n) is 3.20. The number of halogens is 1. The first kappa shape index (κ1) is 15.3. The number of anilines is 1. The average Bonchev–Trinajstić information content (AvgIpc) is 2.84. The van der Waals surface area contributed by atoms with E-state index in [4.69, 9.17) is 17.3 Å². The van der Waals surface area contributed by atoms with E-state index in [1.54, 1.807) is 12.4 Å². The molecule has 2 rings (SSSR count). The van der Waals surface area contributed by atoms with Gasteiger partial charge in [-0.15, -0.1) is 0 Å². The molecule has 2 heterocycles. The van der Waals surface area contributed by atoms with Crippen molar-refractivity contribution in [3.8, 4) is 0 Å². The van der Waals surface area contributed by atoms with E-state index in [9.17, 15) is 4.79 Å². The van der Waals surface area contributed by atoms with Crippen LogP contribution in [0, 0.1) is 0 Å². The van der Waals surface area contributed by atoms with Crippen LogP contribution in [0.1, 0.15) is 48.3 Å². The number of hydrogen-bond donors (Lipinski definition) is 3. The van der Waals surface area contributed by atoms with Crippen LogP contribution in [0.3, 0.4) is 0 Å². The first-order valence-electron chi connectivity index (χ1n) is 6.83. The van der Waals surface area contributed by atoms with Gasteiger partial charge in [0.2, 0.25) is 0 Å². The Morgan fingerprint density at radius 1 is 1.57 bits per heavy atom. The van der Waals surface area contributed by atoms with Gasteiger partial charge in [0.1, 0.15) is 10.7 Å². The third kappa shape index (κ3) is 3.72. The minimum absolute atomic E-state index is 0.119. The third-order valence-corrected chi connectivity index (χ3v) is 3.58. The molecule has 0 saturated heterocycles. The van der Waals surface area contributed by atoms with E-state index in [-0.39, 0.29) is 28.5 Å². The number of nitrogen functional groups attached to an aromatic ring is 1. The number of nitrogens with one attached hydrogen (secondary N) is 2. The molecule has 0 spiro atoms. The van der Waals surface area contributed by atoms with Gasteiger partial charge in [-0.25, -0.2) is 0 Å². The first-order valence-corrected chi connectivity index (χ1v) is 7.21. The summed E-state index contributed by atoms with van der Waals surface area (Å²) in [4.78, 5) is 16.4. The number of amides is 1. The normalized spacial score (nSPS) is 12.1. The quantitative estimate of drug-likeness (QED) is 0.764. The summed E-state index contributed by atoms with van der Waals surface area (Å²) in [6.45, 7) is 2.11. The minimum atomic E-state index is -0.325. The zero-order valence-electron chi connectivity index (χ0n) is 11.8. The number of carbonyl (C=O) groups is 1. The molecule has 0 aromatic carbocycles. The molecule has 0 fully saturated rings. The largest absolute Gasteiger partial charge is 0.381 e. The number of H-pyrrole nitrogens is 1. The van der Waals surface area contributed by atoms with Gasteiger partial charge in [-0.1, -0.05) is 37.4 Å². The Balaban J connectivity index is 2.15. The van der Waals surface area contributed by atoms with Crippen LogP contribution < -0.4 is 11.1 Å². The molecule has 1 amide bonds. The highest BCUT2D eigenvalue weighted by Gasteiger charge is 2.20. The molecule has 4 N–H and O–H groups in total. The van der Waals surface area contributed by atoms with Crippen LogP contribution >= 0.6 is 11.6 Å². The number of rotatable bonds is 6. The van der Waals surface area contributed by atoms with Gasteiger partial charge >= 0.3 is 0 Å². The van der Waals surface area contributed by atoms with Crippen molar-refractivity contribution in [2.45, 2.75) is 32.2 Å². The smallest absolute Gasteiger partial charge is 0.271 e. The number of pyridine rings is 1. The molecule has 21 heavy (non-hydrogen) atoms. The molecule has 6 nitrogen and oxygen atoms in total. The second kappa shape index (κ2) is 7.08. The SMILES string of the molecule is CCCC[C@H](NC(=O)c1[nH]nc(N)c1Cl)c1cccnc1. The number of nitrogens with zero attached hydrogens (tertiary/aromatic N) is 2. The fraction of sp³-hybridized carbons (Fsp3) is 0.357. The molecule has 0 unspecified atom stereocenters. The van der Waals surface area contributed by atoms with Crippen molar-refractivity contribution >= 4 is 23.3 Å². The number of aromatic nitrogens is 3. The van der Waals surface area contributed by atoms with Crippen LogP contribution in [0.4, 0.5) is 5.82 Å². The lowest BCUT2D eigenvalue weighted by Gasteiger charge is -2.18. The summed E-state index contributed by atoms with van der Waals surface area (Å²) in [5.74, 6) is -0.206. The maximum Gasteiger partial charge on any atom is 0.271 e. The molecule has 2 aromatic rings. The van der Waals surface area contributed by atoms with E-state index in [0.717, 1.165) is 24.8 Å². The Morgan fingerprint density at radius 3 is 2.95 bits per heavy atom. The lowest BCUT2D eigenvalue weighted by atomic mass is 10.0. The highest BCUT2D eigenvalue weighted by Crippen LogP contribution is 2.23. The van der Waals surface area contributed by atoms with Gasteiger partial charge in [0.25, 0.3) is 5.91 Å². The van der Waals surface area contributed by atoms with E-state index in [0.29, 0.717) is 0 Å². The predicted octanol–water partition coefficient (Wildman–Crippen LogP) is 2.70.